The Morgan fingerprint density at radius 1 is 1.18 bits per heavy atom. The van der Waals surface area contributed by atoms with Gasteiger partial charge in [-0.3, -0.25) is 0 Å². The van der Waals surface area contributed by atoms with E-state index in [4.69, 9.17) is 4.74 Å². The Morgan fingerprint density at radius 2 is 2.09 bits per heavy atom. The molecule has 0 amide bonds. The fraction of sp³-hybridized carbons (Fsp3) is 0.368. The predicted molar refractivity (Wildman–Crippen MR) is 93.1 cm³/mol. The number of benzene rings is 2. The molecular weight excluding hydrogens is 338 g/mol. The molecule has 2 aromatic rings. The molecular formula is C19H20BrNO. The first kappa shape index (κ1) is 14.3. The van der Waals surface area contributed by atoms with Crippen molar-refractivity contribution in [3.8, 4) is 0 Å². The highest BCUT2D eigenvalue weighted by Crippen LogP contribution is 2.49. The van der Waals surface area contributed by atoms with Crippen LogP contribution < -0.4 is 5.32 Å². The Bertz CT molecular complexity index is 700. The van der Waals surface area contributed by atoms with Gasteiger partial charge in [-0.05, 0) is 43.5 Å². The van der Waals surface area contributed by atoms with Crippen LogP contribution in [0.2, 0.25) is 0 Å². The van der Waals surface area contributed by atoms with Crippen molar-refractivity contribution < 1.29 is 4.74 Å². The van der Waals surface area contributed by atoms with Gasteiger partial charge in [0.25, 0.3) is 0 Å². The first-order chi connectivity index (χ1) is 10.7. The average Bonchev–Trinajstić information content (AvgIpc) is 2.54. The summed E-state index contributed by atoms with van der Waals surface area (Å²) in [6.07, 6.45) is 2.56. The van der Waals surface area contributed by atoms with Crippen molar-refractivity contribution in [2.75, 3.05) is 11.9 Å². The van der Waals surface area contributed by atoms with Crippen LogP contribution in [-0.4, -0.2) is 6.61 Å². The summed E-state index contributed by atoms with van der Waals surface area (Å²) in [5, 5.41) is 3.77. The van der Waals surface area contributed by atoms with Crippen LogP contribution in [0.4, 0.5) is 5.69 Å². The summed E-state index contributed by atoms with van der Waals surface area (Å²) in [4.78, 5) is 0. The molecule has 2 aliphatic rings. The van der Waals surface area contributed by atoms with Crippen LogP contribution in [0.15, 0.2) is 46.9 Å². The molecule has 2 aromatic carbocycles. The Labute approximate surface area is 140 Å². The number of halogens is 1. The maximum atomic E-state index is 6.18. The zero-order valence-corrected chi connectivity index (χ0v) is 14.3. The first-order valence-electron chi connectivity index (χ1n) is 7.96. The fourth-order valence-corrected chi connectivity index (χ4v) is 4.21. The van der Waals surface area contributed by atoms with Gasteiger partial charge in [-0.1, -0.05) is 45.8 Å². The third-order valence-electron chi connectivity index (χ3n) is 4.83. The van der Waals surface area contributed by atoms with Gasteiger partial charge in [0.1, 0.15) is 0 Å². The first-order valence-corrected chi connectivity index (χ1v) is 8.76. The summed E-state index contributed by atoms with van der Waals surface area (Å²) in [5.74, 6) is 0.498. The van der Waals surface area contributed by atoms with E-state index < -0.39 is 0 Å². The highest BCUT2D eigenvalue weighted by atomic mass is 79.9. The van der Waals surface area contributed by atoms with Crippen LogP contribution >= 0.6 is 15.9 Å². The van der Waals surface area contributed by atoms with Gasteiger partial charge in [0, 0.05) is 28.2 Å². The Balaban J connectivity index is 1.79. The molecule has 0 spiro atoms. The van der Waals surface area contributed by atoms with E-state index in [2.05, 4.69) is 70.6 Å². The normalized spacial score (nSPS) is 26.7. The molecule has 1 saturated heterocycles. The van der Waals surface area contributed by atoms with Gasteiger partial charge in [-0.25, -0.2) is 0 Å². The molecule has 0 radical (unpaired) electrons. The number of ether oxygens (including phenoxy) is 1. The van der Waals surface area contributed by atoms with Crippen molar-refractivity contribution in [3.63, 3.8) is 0 Å². The summed E-state index contributed by atoms with van der Waals surface area (Å²) in [6.45, 7) is 3.03. The van der Waals surface area contributed by atoms with E-state index in [9.17, 15) is 0 Å². The molecule has 3 unspecified atom stereocenters. The van der Waals surface area contributed by atoms with Crippen LogP contribution in [0.3, 0.4) is 0 Å². The summed E-state index contributed by atoms with van der Waals surface area (Å²) in [6, 6.07) is 15.6. The molecule has 0 aliphatic carbocycles. The van der Waals surface area contributed by atoms with Crippen molar-refractivity contribution >= 4 is 21.6 Å². The maximum absolute atomic E-state index is 6.18. The minimum absolute atomic E-state index is 0.202. The molecule has 1 N–H and O–H groups in total. The number of nitrogens with one attached hydrogen (secondary N) is 1. The third-order valence-corrected chi connectivity index (χ3v) is 5.32. The fourth-order valence-electron chi connectivity index (χ4n) is 3.84. The van der Waals surface area contributed by atoms with E-state index in [0.717, 1.165) is 17.5 Å². The van der Waals surface area contributed by atoms with E-state index >= 15 is 0 Å². The second-order valence-corrected chi connectivity index (χ2v) is 7.28. The summed E-state index contributed by atoms with van der Waals surface area (Å²) in [7, 11) is 0. The van der Waals surface area contributed by atoms with Gasteiger partial charge >= 0.3 is 0 Å². The van der Waals surface area contributed by atoms with Gasteiger partial charge in [0.05, 0.1) is 12.1 Å². The van der Waals surface area contributed by atoms with Crippen LogP contribution in [0, 0.1) is 12.8 Å². The number of anilines is 1. The van der Waals surface area contributed by atoms with Crippen LogP contribution in [0.25, 0.3) is 0 Å². The summed E-state index contributed by atoms with van der Waals surface area (Å²) < 4.78 is 7.30. The second-order valence-electron chi connectivity index (χ2n) is 6.37. The van der Waals surface area contributed by atoms with Gasteiger partial charge in [-0.2, -0.15) is 0 Å². The largest absolute Gasteiger partial charge is 0.378 e. The minimum atomic E-state index is 0.202. The molecule has 2 aliphatic heterocycles. The van der Waals surface area contributed by atoms with Crippen molar-refractivity contribution in [1.29, 1.82) is 0 Å². The van der Waals surface area contributed by atoms with E-state index in [0.29, 0.717) is 12.0 Å². The lowest BCUT2D eigenvalue weighted by Crippen LogP contribution is -2.36. The van der Waals surface area contributed by atoms with Gasteiger partial charge < -0.3 is 10.1 Å². The number of hydrogen-bond donors (Lipinski definition) is 1. The molecule has 0 bridgehead atoms. The highest BCUT2D eigenvalue weighted by molar-refractivity contribution is 9.10. The molecule has 1 fully saturated rings. The van der Waals surface area contributed by atoms with E-state index in [-0.39, 0.29) is 6.10 Å². The topological polar surface area (TPSA) is 21.3 Å². The number of hydrogen-bond acceptors (Lipinski definition) is 2. The molecule has 3 atom stereocenters. The zero-order chi connectivity index (χ0) is 15.1. The predicted octanol–water partition coefficient (Wildman–Crippen LogP) is 5.39. The summed E-state index contributed by atoms with van der Waals surface area (Å²) >= 11 is 3.59. The SMILES string of the molecule is Cc1cccc(C2Nc3ccc(Br)cc3C3OCCCC23)c1. The molecule has 0 aromatic heterocycles. The molecule has 4 rings (SSSR count). The van der Waals surface area contributed by atoms with Gasteiger partial charge in [-0.15, -0.1) is 0 Å². The highest BCUT2D eigenvalue weighted by Gasteiger charge is 2.39. The quantitative estimate of drug-likeness (QED) is 0.738. The third kappa shape index (κ3) is 2.46. The van der Waals surface area contributed by atoms with E-state index in [1.165, 1.54) is 28.8 Å². The van der Waals surface area contributed by atoms with Crippen molar-refractivity contribution in [1.82, 2.24) is 0 Å². The van der Waals surface area contributed by atoms with Crippen LogP contribution in [0.5, 0.6) is 0 Å². The van der Waals surface area contributed by atoms with E-state index in [1.807, 2.05) is 0 Å². The molecule has 22 heavy (non-hydrogen) atoms. The lowest BCUT2D eigenvalue weighted by atomic mass is 9.77. The number of rotatable bonds is 1. The standard InChI is InChI=1S/C19H20BrNO/c1-12-4-2-5-13(10-12)18-15-6-3-9-22-19(15)16-11-14(20)7-8-17(16)21-18/h2,4-5,7-8,10-11,15,18-19,21H,3,6,9H2,1H3. The zero-order valence-electron chi connectivity index (χ0n) is 12.7. The van der Waals surface area contributed by atoms with Gasteiger partial charge in [0.15, 0.2) is 0 Å². The molecule has 3 heteroatoms. The van der Waals surface area contributed by atoms with Crippen LogP contribution in [-0.2, 0) is 4.74 Å². The monoisotopic (exact) mass is 357 g/mol. The Kier molecular flexibility index (Phi) is 3.71. The van der Waals surface area contributed by atoms with E-state index in [1.54, 1.807) is 0 Å². The number of aryl methyl sites for hydroxylation is 1. The molecule has 2 heterocycles. The molecule has 2 nitrogen and oxygen atoms in total. The number of fused-ring (bicyclic) bond motifs is 3. The van der Waals surface area contributed by atoms with Crippen molar-refractivity contribution in [2.45, 2.75) is 31.9 Å². The Hall–Kier alpha value is -1.32. The molecule has 114 valence electrons. The smallest absolute Gasteiger partial charge is 0.0896 e. The summed E-state index contributed by atoms with van der Waals surface area (Å²) in [5.41, 5.74) is 5.18. The minimum Gasteiger partial charge on any atom is -0.378 e. The second kappa shape index (κ2) is 5.71. The van der Waals surface area contributed by atoms with Crippen LogP contribution in [0.1, 0.15) is 41.7 Å². The van der Waals surface area contributed by atoms with Crippen molar-refractivity contribution in [3.05, 3.63) is 63.6 Å². The average molecular weight is 358 g/mol. The molecule has 0 saturated carbocycles. The lowest BCUT2D eigenvalue weighted by Gasteiger charge is -2.43. The van der Waals surface area contributed by atoms with Gasteiger partial charge in [0.2, 0.25) is 0 Å². The van der Waals surface area contributed by atoms with Crippen molar-refractivity contribution in [2.24, 2.45) is 5.92 Å². The lowest BCUT2D eigenvalue weighted by molar-refractivity contribution is -0.0381. The Morgan fingerprint density at radius 3 is 2.95 bits per heavy atom. The maximum Gasteiger partial charge on any atom is 0.0896 e.